The van der Waals surface area contributed by atoms with Crippen molar-refractivity contribution in [1.82, 2.24) is 0 Å². The summed E-state index contributed by atoms with van der Waals surface area (Å²) in [6, 6.07) is 3.82. The molecule has 2 N–H and O–H groups in total. The van der Waals surface area contributed by atoms with Gasteiger partial charge in [0.15, 0.2) is 11.5 Å². The van der Waals surface area contributed by atoms with Crippen LogP contribution in [0.5, 0.6) is 17.2 Å². The molecule has 1 fully saturated rings. The van der Waals surface area contributed by atoms with Crippen molar-refractivity contribution in [3.63, 3.8) is 0 Å². The molecular formula is C12H15NO3. The number of ether oxygens (including phenoxy) is 3. The average molecular weight is 221 g/mol. The zero-order valence-electron chi connectivity index (χ0n) is 9.29. The summed E-state index contributed by atoms with van der Waals surface area (Å²) >= 11 is 0. The molecule has 86 valence electrons. The van der Waals surface area contributed by atoms with Crippen LogP contribution in [0.3, 0.4) is 0 Å². The molecule has 0 bridgehead atoms. The third kappa shape index (κ3) is 1.19. The number of methoxy groups -OCH3 is 1. The molecule has 1 aromatic rings. The van der Waals surface area contributed by atoms with Crippen molar-refractivity contribution in [2.75, 3.05) is 20.4 Å². The highest BCUT2D eigenvalue weighted by molar-refractivity contribution is 5.60. The fourth-order valence-corrected chi connectivity index (χ4v) is 2.33. The lowest BCUT2D eigenvalue weighted by Gasteiger charge is -2.18. The SMILES string of the molecule is COc1ccc2c(c1C1(CN)CC1)OCO2. The first-order valence-electron chi connectivity index (χ1n) is 5.48. The van der Waals surface area contributed by atoms with Crippen LogP contribution in [0.4, 0.5) is 0 Å². The Balaban J connectivity index is 2.17. The Bertz CT molecular complexity index is 427. The molecule has 0 saturated heterocycles. The molecule has 0 aromatic heterocycles. The average Bonchev–Trinajstić information content (AvgIpc) is 2.97. The Kier molecular flexibility index (Phi) is 2.01. The van der Waals surface area contributed by atoms with Gasteiger partial charge in [0.2, 0.25) is 6.79 Å². The summed E-state index contributed by atoms with van der Waals surface area (Å²) in [5.74, 6) is 2.48. The molecule has 1 aliphatic carbocycles. The van der Waals surface area contributed by atoms with E-state index in [4.69, 9.17) is 19.9 Å². The van der Waals surface area contributed by atoms with Crippen LogP contribution in [0.25, 0.3) is 0 Å². The molecule has 0 radical (unpaired) electrons. The third-order valence-corrected chi connectivity index (χ3v) is 3.50. The molecule has 1 heterocycles. The predicted octanol–water partition coefficient (Wildman–Crippen LogP) is 1.41. The van der Waals surface area contributed by atoms with Crippen LogP contribution in [0.1, 0.15) is 18.4 Å². The number of hydrogen-bond donors (Lipinski definition) is 1. The first-order valence-corrected chi connectivity index (χ1v) is 5.48. The summed E-state index contributed by atoms with van der Waals surface area (Å²) in [5.41, 5.74) is 7.00. The maximum atomic E-state index is 5.87. The molecule has 16 heavy (non-hydrogen) atoms. The first kappa shape index (κ1) is 9.78. The molecule has 4 nitrogen and oxygen atoms in total. The van der Waals surface area contributed by atoms with Gasteiger partial charge in [-0.3, -0.25) is 0 Å². The Hall–Kier alpha value is -1.42. The molecule has 1 saturated carbocycles. The van der Waals surface area contributed by atoms with Crippen molar-refractivity contribution >= 4 is 0 Å². The van der Waals surface area contributed by atoms with Gasteiger partial charge < -0.3 is 19.9 Å². The summed E-state index contributed by atoms with van der Waals surface area (Å²) < 4.78 is 16.3. The molecule has 2 aliphatic rings. The molecule has 1 aromatic carbocycles. The minimum absolute atomic E-state index is 0.0460. The largest absolute Gasteiger partial charge is 0.496 e. The van der Waals surface area contributed by atoms with Gasteiger partial charge in [-0.2, -0.15) is 0 Å². The maximum absolute atomic E-state index is 5.87. The number of fused-ring (bicyclic) bond motifs is 1. The van der Waals surface area contributed by atoms with Crippen LogP contribution in [0.2, 0.25) is 0 Å². The minimum atomic E-state index is 0.0460. The van der Waals surface area contributed by atoms with E-state index in [1.165, 1.54) is 0 Å². The maximum Gasteiger partial charge on any atom is 0.231 e. The predicted molar refractivity (Wildman–Crippen MR) is 59.1 cm³/mol. The molecule has 0 amide bonds. The van der Waals surface area contributed by atoms with Crippen molar-refractivity contribution in [3.05, 3.63) is 17.7 Å². The number of hydrogen-bond acceptors (Lipinski definition) is 4. The van der Waals surface area contributed by atoms with Crippen LogP contribution < -0.4 is 19.9 Å². The summed E-state index contributed by atoms with van der Waals surface area (Å²) in [6.45, 7) is 0.916. The highest BCUT2D eigenvalue weighted by Gasteiger charge is 2.48. The zero-order chi connectivity index (χ0) is 11.2. The summed E-state index contributed by atoms with van der Waals surface area (Å²) in [4.78, 5) is 0. The highest BCUT2D eigenvalue weighted by atomic mass is 16.7. The second-order valence-electron chi connectivity index (χ2n) is 4.36. The summed E-state index contributed by atoms with van der Waals surface area (Å²) in [7, 11) is 1.67. The smallest absolute Gasteiger partial charge is 0.231 e. The fourth-order valence-electron chi connectivity index (χ4n) is 2.33. The van der Waals surface area contributed by atoms with Gasteiger partial charge in [-0.15, -0.1) is 0 Å². The molecule has 3 rings (SSSR count). The lowest BCUT2D eigenvalue weighted by atomic mass is 9.93. The lowest BCUT2D eigenvalue weighted by molar-refractivity contribution is 0.172. The van der Waals surface area contributed by atoms with E-state index in [1.54, 1.807) is 7.11 Å². The van der Waals surface area contributed by atoms with E-state index in [-0.39, 0.29) is 12.2 Å². The number of nitrogens with two attached hydrogens (primary N) is 1. The summed E-state index contributed by atoms with van der Waals surface area (Å²) in [5, 5.41) is 0. The van der Waals surface area contributed by atoms with Crippen molar-refractivity contribution in [3.8, 4) is 17.2 Å². The molecule has 0 atom stereocenters. The second kappa shape index (κ2) is 3.28. The monoisotopic (exact) mass is 221 g/mol. The van der Waals surface area contributed by atoms with Crippen LogP contribution in [-0.2, 0) is 5.41 Å². The lowest BCUT2D eigenvalue weighted by Crippen LogP contribution is -2.21. The number of benzene rings is 1. The van der Waals surface area contributed by atoms with Crippen molar-refractivity contribution in [1.29, 1.82) is 0 Å². The van der Waals surface area contributed by atoms with Gasteiger partial charge in [0, 0.05) is 17.5 Å². The van der Waals surface area contributed by atoms with Gasteiger partial charge in [0.05, 0.1) is 7.11 Å². The minimum Gasteiger partial charge on any atom is -0.496 e. The van der Waals surface area contributed by atoms with Crippen LogP contribution in [-0.4, -0.2) is 20.4 Å². The topological polar surface area (TPSA) is 53.7 Å². The fraction of sp³-hybridized carbons (Fsp3) is 0.500. The third-order valence-electron chi connectivity index (χ3n) is 3.50. The van der Waals surface area contributed by atoms with Gasteiger partial charge in [0.1, 0.15) is 5.75 Å². The normalized spacial score (nSPS) is 19.6. The standard InChI is InChI=1S/C12H15NO3/c1-14-8-2-3-9-11(16-7-15-9)10(8)12(6-13)4-5-12/h2-3H,4-7,13H2,1H3. The van der Waals surface area contributed by atoms with Crippen molar-refractivity contribution < 1.29 is 14.2 Å². The first-order chi connectivity index (χ1) is 7.80. The van der Waals surface area contributed by atoms with E-state index in [2.05, 4.69) is 0 Å². The van der Waals surface area contributed by atoms with E-state index < -0.39 is 0 Å². The van der Waals surface area contributed by atoms with Gasteiger partial charge in [-0.05, 0) is 25.0 Å². The molecule has 1 aliphatic heterocycles. The van der Waals surface area contributed by atoms with E-state index in [1.807, 2.05) is 12.1 Å². The second-order valence-corrected chi connectivity index (χ2v) is 4.36. The van der Waals surface area contributed by atoms with Crippen LogP contribution in [0, 0.1) is 0 Å². The van der Waals surface area contributed by atoms with E-state index in [0.717, 1.165) is 35.7 Å². The van der Waals surface area contributed by atoms with Gasteiger partial charge in [-0.25, -0.2) is 0 Å². The van der Waals surface area contributed by atoms with E-state index >= 15 is 0 Å². The van der Waals surface area contributed by atoms with Gasteiger partial charge in [0.25, 0.3) is 0 Å². The van der Waals surface area contributed by atoms with E-state index in [9.17, 15) is 0 Å². The zero-order valence-corrected chi connectivity index (χ0v) is 9.29. The molecule has 0 spiro atoms. The molecule has 4 heteroatoms. The summed E-state index contributed by atoms with van der Waals surface area (Å²) in [6.07, 6.45) is 2.19. The Morgan fingerprint density at radius 3 is 2.81 bits per heavy atom. The van der Waals surface area contributed by atoms with Crippen molar-refractivity contribution in [2.45, 2.75) is 18.3 Å². The van der Waals surface area contributed by atoms with E-state index in [0.29, 0.717) is 6.54 Å². The Morgan fingerprint density at radius 2 is 2.19 bits per heavy atom. The van der Waals surface area contributed by atoms with Gasteiger partial charge in [-0.1, -0.05) is 0 Å². The Labute approximate surface area is 94.3 Å². The van der Waals surface area contributed by atoms with Crippen LogP contribution in [0.15, 0.2) is 12.1 Å². The molecular weight excluding hydrogens is 206 g/mol. The van der Waals surface area contributed by atoms with Gasteiger partial charge >= 0.3 is 0 Å². The molecule has 0 unspecified atom stereocenters. The number of rotatable bonds is 3. The van der Waals surface area contributed by atoms with Crippen molar-refractivity contribution in [2.24, 2.45) is 5.73 Å². The highest BCUT2D eigenvalue weighted by Crippen LogP contribution is 2.56. The van der Waals surface area contributed by atoms with Crippen LogP contribution >= 0.6 is 0 Å². The quantitative estimate of drug-likeness (QED) is 0.838. The Morgan fingerprint density at radius 1 is 1.38 bits per heavy atom.